The van der Waals surface area contributed by atoms with Gasteiger partial charge in [-0.2, -0.15) is 14.5 Å². The molecule has 0 spiro atoms. The summed E-state index contributed by atoms with van der Waals surface area (Å²) in [7, 11) is -5.39. The Balaban J connectivity index is 1.33. The molecule has 1 atom stereocenters. The van der Waals surface area contributed by atoms with Crippen LogP contribution in [0, 0.1) is 29.1 Å². The van der Waals surface area contributed by atoms with Crippen LogP contribution in [0.2, 0.25) is 0 Å². The van der Waals surface area contributed by atoms with E-state index in [1.807, 2.05) is 6.07 Å². The van der Waals surface area contributed by atoms with Gasteiger partial charge in [0.15, 0.2) is 28.2 Å². The van der Waals surface area contributed by atoms with E-state index < -0.39 is 68.3 Å². The number of rotatable bonds is 7. The molecular weight excluding hydrogens is 612 g/mol. The molecule has 44 heavy (non-hydrogen) atoms. The third-order valence-corrected chi connectivity index (χ3v) is 10.4. The van der Waals surface area contributed by atoms with Gasteiger partial charge in [-0.1, -0.05) is 25.3 Å². The van der Waals surface area contributed by atoms with Crippen molar-refractivity contribution in [3.63, 3.8) is 0 Å². The lowest BCUT2D eigenvalue weighted by Gasteiger charge is -2.41. The highest BCUT2D eigenvalue weighted by molar-refractivity contribution is 7.89. The average Bonchev–Trinajstić information content (AvgIpc) is 3.44. The number of carbonyl (C=O) groups is 1. The third-order valence-electron chi connectivity index (χ3n) is 8.43. The number of hydrogen-bond acceptors (Lipinski definition) is 6. The zero-order chi connectivity index (χ0) is 31.3. The van der Waals surface area contributed by atoms with Crippen LogP contribution in [0.5, 0.6) is 0 Å². The predicted molar refractivity (Wildman–Crippen MR) is 146 cm³/mol. The number of benzene rings is 1. The molecule has 15 heteroatoms. The molecule has 2 aliphatic carbocycles. The van der Waals surface area contributed by atoms with Gasteiger partial charge in [0.05, 0.1) is 29.9 Å². The fourth-order valence-electron chi connectivity index (χ4n) is 5.92. The second kappa shape index (κ2) is 11.6. The van der Waals surface area contributed by atoms with E-state index in [1.54, 1.807) is 12.3 Å². The van der Waals surface area contributed by atoms with Crippen LogP contribution >= 0.6 is 0 Å². The molecule has 3 heterocycles. The Kier molecular flexibility index (Phi) is 7.94. The normalized spacial score (nSPS) is 20.7. The van der Waals surface area contributed by atoms with Crippen LogP contribution in [-0.4, -0.2) is 53.0 Å². The monoisotopic (exact) mass is 637 g/mol. The number of carbonyl (C=O) groups excluding carboxylic acids is 1. The second-order valence-electron chi connectivity index (χ2n) is 11.0. The molecule has 2 fully saturated rings. The van der Waals surface area contributed by atoms with Crippen molar-refractivity contribution in [2.24, 2.45) is 10.2 Å². The second-order valence-corrected chi connectivity index (χ2v) is 12.9. The first-order valence-electron chi connectivity index (χ1n) is 14.0. The fourth-order valence-corrected chi connectivity index (χ4v) is 7.66. The van der Waals surface area contributed by atoms with Gasteiger partial charge in [0.2, 0.25) is 21.7 Å². The summed E-state index contributed by atoms with van der Waals surface area (Å²) in [5, 5.41) is 7.70. The maximum Gasteiger partial charge on any atom is 0.249 e. The highest BCUT2D eigenvalue weighted by Crippen LogP contribution is 2.37. The van der Waals surface area contributed by atoms with E-state index >= 15 is 4.39 Å². The molecule has 8 nitrogen and oxygen atoms in total. The van der Waals surface area contributed by atoms with Crippen LogP contribution in [0.1, 0.15) is 62.1 Å². The smallest absolute Gasteiger partial charge is 0.249 e. The lowest BCUT2D eigenvalue weighted by molar-refractivity contribution is -0.137. The van der Waals surface area contributed by atoms with Gasteiger partial charge in [-0.3, -0.25) is 9.78 Å². The summed E-state index contributed by atoms with van der Waals surface area (Å²) in [5.74, 6) is -13.9. The van der Waals surface area contributed by atoms with E-state index in [1.165, 1.54) is 12.6 Å². The molecule has 2 aliphatic heterocycles. The molecule has 1 amide bonds. The number of sulfonamides is 1. The summed E-state index contributed by atoms with van der Waals surface area (Å²) in [6, 6.07) is 1.94. The first-order chi connectivity index (χ1) is 21.0. The largest absolute Gasteiger partial charge is 0.305 e. The van der Waals surface area contributed by atoms with E-state index in [0.717, 1.165) is 42.2 Å². The van der Waals surface area contributed by atoms with Crippen LogP contribution in [0.15, 0.2) is 56.6 Å². The zero-order valence-electron chi connectivity index (χ0n) is 23.0. The first kappa shape index (κ1) is 30.2. The van der Waals surface area contributed by atoms with Gasteiger partial charge in [-0.15, -0.1) is 0 Å². The van der Waals surface area contributed by atoms with Crippen LogP contribution in [0.25, 0.3) is 0 Å². The minimum absolute atomic E-state index is 0.155. The third kappa shape index (κ3) is 5.15. The first-order valence-corrected chi connectivity index (χ1v) is 15.4. The SMILES string of the molecule is O=C([C@H]1CCN1S(=O)(=O)c1c(F)c(F)c(F)c(F)c1F)N(Cc1ccc(C2CCCCC2)cn1)C1=C(F)C=C2C=NN=C2C1. The maximum atomic E-state index is 15.4. The zero-order valence-corrected chi connectivity index (χ0v) is 23.9. The van der Waals surface area contributed by atoms with Gasteiger partial charge >= 0.3 is 0 Å². The van der Waals surface area contributed by atoms with Crippen LogP contribution in [0.3, 0.4) is 0 Å². The molecule has 1 aromatic heterocycles. The molecule has 2 aromatic rings. The van der Waals surface area contributed by atoms with E-state index in [0.29, 0.717) is 27.2 Å². The van der Waals surface area contributed by atoms with Gasteiger partial charge in [-0.05, 0) is 42.9 Å². The lowest BCUT2D eigenvalue weighted by Crippen LogP contribution is -2.59. The van der Waals surface area contributed by atoms with Gasteiger partial charge in [0, 0.05) is 24.7 Å². The van der Waals surface area contributed by atoms with Gasteiger partial charge in [0.25, 0.3) is 0 Å². The molecule has 0 bridgehead atoms. The molecular formula is C29H25F6N5O3S. The van der Waals surface area contributed by atoms with Crippen LogP contribution in [-0.2, 0) is 21.4 Å². The Morgan fingerprint density at radius 1 is 0.932 bits per heavy atom. The number of pyridine rings is 1. The Morgan fingerprint density at radius 3 is 2.23 bits per heavy atom. The lowest BCUT2D eigenvalue weighted by atomic mass is 9.85. The molecule has 6 rings (SSSR count). The summed E-state index contributed by atoms with van der Waals surface area (Å²) < 4.78 is 113. The van der Waals surface area contributed by atoms with E-state index in [9.17, 15) is 35.2 Å². The molecule has 0 radical (unpaired) electrons. The number of fused-ring (bicyclic) bond motifs is 1. The standard InChI is InChI=1S/C29H25F6N5O3S/c30-19-10-17-13-37-38-20(17)11-22(19)39(14-18-7-6-16(12-36-18)15-4-2-1-3-5-15)29(41)21-8-9-40(21)44(42,43)28-26(34)24(32)23(31)25(33)27(28)35/h6-7,10,12-13,15,21H,1-5,8-9,11,14H2/t21-/m1/s1. The Bertz CT molecular complexity index is 1740. The van der Waals surface area contributed by atoms with Crippen molar-refractivity contribution in [2.75, 3.05) is 6.54 Å². The molecule has 0 unspecified atom stereocenters. The van der Waals surface area contributed by atoms with Crippen molar-refractivity contribution in [1.29, 1.82) is 0 Å². The van der Waals surface area contributed by atoms with Gasteiger partial charge < -0.3 is 4.90 Å². The molecule has 1 saturated heterocycles. The summed E-state index contributed by atoms with van der Waals surface area (Å²) in [5.41, 5.74) is 1.97. The van der Waals surface area contributed by atoms with Crippen molar-refractivity contribution in [3.8, 4) is 0 Å². The van der Waals surface area contributed by atoms with E-state index in [2.05, 4.69) is 15.2 Å². The summed E-state index contributed by atoms with van der Waals surface area (Å²) in [6.07, 6.45) is 9.26. The van der Waals surface area contributed by atoms with Gasteiger partial charge in [0.1, 0.15) is 11.9 Å². The van der Waals surface area contributed by atoms with Crippen molar-refractivity contribution in [2.45, 2.75) is 68.3 Å². The number of amides is 1. The minimum atomic E-state index is -5.39. The topological polar surface area (TPSA) is 95.3 Å². The number of allylic oxidation sites excluding steroid dienone is 4. The van der Waals surface area contributed by atoms with Crippen molar-refractivity contribution >= 4 is 27.9 Å². The van der Waals surface area contributed by atoms with E-state index in [4.69, 9.17) is 0 Å². The van der Waals surface area contributed by atoms with Gasteiger partial charge in [-0.25, -0.2) is 34.8 Å². The average molecular weight is 638 g/mol. The molecule has 232 valence electrons. The molecule has 1 saturated carbocycles. The Hall–Kier alpha value is -3.85. The van der Waals surface area contributed by atoms with Crippen LogP contribution in [0.4, 0.5) is 26.3 Å². The van der Waals surface area contributed by atoms with Crippen LogP contribution < -0.4 is 0 Å². The number of aromatic nitrogens is 1. The molecule has 1 aromatic carbocycles. The number of hydrogen-bond donors (Lipinski definition) is 0. The summed E-state index contributed by atoms with van der Waals surface area (Å²) in [4.78, 5) is 17.3. The fraction of sp³-hybridized carbons (Fsp3) is 0.379. The van der Waals surface area contributed by atoms with Crippen molar-refractivity contribution in [3.05, 3.63) is 81.8 Å². The van der Waals surface area contributed by atoms with E-state index in [-0.39, 0.29) is 25.1 Å². The number of nitrogens with zero attached hydrogens (tertiary/aromatic N) is 5. The highest BCUT2D eigenvalue weighted by Gasteiger charge is 2.48. The summed E-state index contributed by atoms with van der Waals surface area (Å²) in [6.45, 7) is -0.747. The Labute approximate surface area is 248 Å². The minimum Gasteiger partial charge on any atom is -0.305 e. The molecule has 4 aliphatic rings. The predicted octanol–water partition coefficient (Wildman–Crippen LogP) is 5.57. The maximum absolute atomic E-state index is 15.4. The Morgan fingerprint density at radius 2 is 1.61 bits per heavy atom. The quantitative estimate of drug-likeness (QED) is 0.226. The number of halogens is 6. The highest BCUT2D eigenvalue weighted by atomic mass is 32.2. The van der Waals surface area contributed by atoms with Crippen molar-refractivity contribution < 1.29 is 39.6 Å². The summed E-state index contributed by atoms with van der Waals surface area (Å²) >= 11 is 0. The molecule has 0 N–H and O–H groups in total. The van der Waals surface area contributed by atoms with Crippen molar-refractivity contribution in [1.82, 2.24) is 14.2 Å².